The molecule has 0 aliphatic heterocycles. The number of carbonyl (C=O) groups excluding carboxylic acids is 1. The monoisotopic (exact) mass is 402 g/mol. The smallest absolute Gasteiger partial charge is 0.194 e. The normalized spacial score (nSPS) is 15.9. The van der Waals surface area contributed by atoms with Gasteiger partial charge < -0.3 is 9.47 Å². The summed E-state index contributed by atoms with van der Waals surface area (Å²) >= 11 is 0. The third-order valence-corrected chi connectivity index (χ3v) is 6.04. The highest BCUT2D eigenvalue weighted by molar-refractivity contribution is 6.30. The number of aryl methyl sites for hydroxylation is 1. The van der Waals surface area contributed by atoms with Gasteiger partial charge >= 0.3 is 0 Å². The molecule has 0 saturated carbocycles. The lowest BCUT2D eigenvalue weighted by atomic mass is 9.79. The van der Waals surface area contributed by atoms with Crippen molar-refractivity contribution in [1.29, 1.82) is 0 Å². The number of allylic oxidation sites excluding steroid dienone is 4. The van der Waals surface area contributed by atoms with Gasteiger partial charge in [-0.1, -0.05) is 36.8 Å². The van der Waals surface area contributed by atoms with Crippen LogP contribution in [-0.4, -0.2) is 19.5 Å². The molecular formula is C27H30O3. The second-order valence-electron chi connectivity index (χ2n) is 8.25. The number of carbonyl (C=O) groups is 1. The molecule has 2 aliphatic carbocycles. The molecule has 30 heavy (non-hydrogen) atoms. The number of hydrogen-bond acceptors (Lipinski definition) is 3. The largest absolute Gasteiger partial charge is 0.497 e. The molecule has 0 fully saturated rings. The van der Waals surface area contributed by atoms with Gasteiger partial charge in [0, 0.05) is 16.7 Å². The van der Waals surface area contributed by atoms with Crippen LogP contribution in [0.25, 0.3) is 5.57 Å². The average molecular weight is 403 g/mol. The Morgan fingerprint density at radius 1 is 1.00 bits per heavy atom. The molecule has 0 radical (unpaired) electrons. The molecule has 3 nitrogen and oxygen atoms in total. The number of hydrogen-bond donors (Lipinski definition) is 0. The predicted octanol–water partition coefficient (Wildman–Crippen LogP) is 6.13. The van der Waals surface area contributed by atoms with Crippen LogP contribution in [-0.2, 0) is 19.3 Å². The molecule has 0 saturated heterocycles. The summed E-state index contributed by atoms with van der Waals surface area (Å²) in [6, 6.07) is 9.97. The fourth-order valence-corrected chi connectivity index (χ4v) is 4.49. The predicted molar refractivity (Wildman–Crippen MR) is 122 cm³/mol. The Morgan fingerprint density at radius 2 is 1.77 bits per heavy atom. The molecule has 0 bridgehead atoms. The summed E-state index contributed by atoms with van der Waals surface area (Å²) in [5.74, 6) is 1.79. The molecule has 0 spiro atoms. The number of methoxy groups -OCH3 is 1. The van der Waals surface area contributed by atoms with Gasteiger partial charge in [0.25, 0.3) is 0 Å². The standard InChI is InChI=1S/C27H30O3/c1-4-15-30-25-17-20-7-5-6-8-22(20)26-24(25)16-18(2)9-14-23(27(26)28)19-10-12-21(29-3)13-11-19/h9-14,17H,4-8,15-16H2,1-3H3. The third kappa shape index (κ3) is 3.94. The molecule has 0 amide bonds. The Kier molecular flexibility index (Phi) is 6.08. The van der Waals surface area contributed by atoms with E-state index in [0.717, 1.165) is 65.9 Å². The van der Waals surface area contributed by atoms with Crippen LogP contribution in [0.15, 0.2) is 48.1 Å². The van der Waals surface area contributed by atoms with Crippen molar-refractivity contribution in [3.05, 3.63) is 75.9 Å². The maximum absolute atomic E-state index is 14.0. The van der Waals surface area contributed by atoms with Crippen molar-refractivity contribution in [2.24, 2.45) is 0 Å². The maximum atomic E-state index is 14.0. The van der Waals surface area contributed by atoms with Crippen molar-refractivity contribution >= 4 is 11.4 Å². The SMILES string of the molecule is CCCOc1cc2c(c3c1CC(C)=CC=C(c1ccc(OC)cc1)C3=O)CCCC2. The highest BCUT2D eigenvalue weighted by Crippen LogP contribution is 2.39. The summed E-state index contributed by atoms with van der Waals surface area (Å²) in [5.41, 5.74) is 7.34. The first-order valence-corrected chi connectivity index (χ1v) is 11.0. The summed E-state index contributed by atoms with van der Waals surface area (Å²) in [6.07, 6.45) is 10.1. The second-order valence-corrected chi connectivity index (χ2v) is 8.25. The number of fused-ring (bicyclic) bond motifs is 3. The molecule has 4 rings (SSSR count). The minimum Gasteiger partial charge on any atom is -0.497 e. The summed E-state index contributed by atoms with van der Waals surface area (Å²) in [4.78, 5) is 14.0. The lowest BCUT2D eigenvalue weighted by Crippen LogP contribution is -2.18. The fraction of sp³-hybridized carbons (Fsp3) is 0.370. The fourth-order valence-electron chi connectivity index (χ4n) is 4.49. The number of ketones is 1. The zero-order valence-electron chi connectivity index (χ0n) is 18.2. The van der Waals surface area contributed by atoms with Crippen molar-refractivity contribution in [3.8, 4) is 11.5 Å². The molecule has 2 aromatic rings. The van der Waals surface area contributed by atoms with Crippen molar-refractivity contribution in [1.82, 2.24) is 0 Å². The Morgan fingerprint density at radius 3 is 2.50 bits per heavy atom. The minimum absolute atomic E-state index is 0.110. The zero-order chi connectivity index (χ0) is 21.1. The van der Waals surface area contributed by atoms with E-state index in [2.05, 4.69) is 26.0 Å². The van der Waals surface area contributed by atoms with E-state index in [-0.39, 0.29) is 5.78 Å². The first kappa shape index (κ1) is 20.5. The van der Waals surface area contributed by atoms with Gasteiger partial charge in [-0.25, -0.2) is 0 Å². The first-order valence-electron chi connectivity index (χ1n) is 11.0. The van der Waals surface area contributed by atoms with Gasteiger partial charge in [0.2, 0.25) is 0 Å². The molecule has 0 heterocycles. The van der Waals surface area contributed by atoms with Crippen molar-refractivity contribution < 1.29 is 14.3 Å². The van der Waals surface area contributed by atoms with E-state index in [1.807, 2.05) is 30.3 Å². The summed E-state index contributed by atoms with van der Waals surface area (Å²) in [5, 5.41) is 0. The van der Waals surface area contributed by atoms with Crippen LogP contribution in [0, 0.1) is 0 Å². The molecule has 3 heteroatoms. The van der Waals surface area contributed by atoms with E-state index >= 15 is 0 Å². The molecule has 2 aromatic carbocycles. The third-order valence-electron chi connectivity index (χ3n) is 6.04. The quantitative estimate of drug-likeness (QED) is 0.603. The van der Waals surface area contributed by atoms with E-state index in [4.69, 9.17) is 9.47 Å². The zero-order valence-corrected chi connectivity index (χ0v) is 18.2. The molecule has 2 aliphatic rings. The Bertz CT molecular complexity index is 1010. The number of benzene rings is 2. The Balaban J connectivity index is 1.89. The molecule has 0 aromatic heterocycles. The van der Waals surface area contributed by atoms with E-state index in [1.165, 1.54) is 23.1 Å². The summed E-state index contributed by atoms with van der Waals surface area (Å²) < 4.78 is 11.5. The minimum atomic E-state index is 0.110. The van der Waals surface area contributed by atoms with Gasteiger partial charge in [-0.05, 0) is 80.3 Å². The lowest BCUT2D eigenvalue weighted by Gasteiger charge is -2.26. The van der Waals surface area contributed by atoms with Gasteiger partial charge in [0.1, 0.15) is 11.5 Å². The van der Waals surface area contributed by atoms with Crippen molar-refractivity contribution in [3.63, 3.8) is 0 Å². The van der Waals surface area contributed by atoms with Crippen molar-refractivity contribution in [2.75, 3.05) is 13.7 Å². The highest BCUT2D eigenvalue weighted by Gasteiger charge is 2.28. The number of rotatable bonds is 5. The van der Waals surface area contributed by atoms with Gasteiger partial charge in [-0.3, -0.25) is 4.79 Å². The van der Waals surface area contributed by atoms with Crippen LogP contribution in [0.2, 0.25) is 0 Å². The Hall–Kier alpha value is -2.81. The van der Waals surface area contributed by atoms with Crippen LogP contribution in [0.4, 0.5) is 0 Å². The maximum Gasteiger partial charge on any atom is 0.194 e. The van der Waals surface area contributed by atoms with E-state index in [1.54, 1.807) is 7.11 Å². The molecule has 0 N–H and O–H groups in total. The summed E-state index contributed by atoms with van der Waals surface area (Å²) in [7, 11) is 1.65. The topological polar surface area (TPSA) is 35.5 Å². The van der Waals surface area contributed by atoms with Crippen LogP contribution in [0.1, 0.15) is 65.7 Å². The van der Waals surface area contributed by atoms with E-state index in [0.29, 0.717) is 6.61 Å². The van der Waals surface area contributed by atoms with Gasteiger partial charge in [0.05, 0.1) is 13.7 Å². The molecule has 156 valence electrons. The first-order chi connectivity index (χ1) is 14.6. The molecule has 0 unspecified atom stereocenters. The van der Waals surface area contributed by atoms with Crippen LogP contribution >= 0.6 is 0 Å². The van der Waals surface area contributed by atoms with Crippen LogP contribution in [0.5, 0.6) is 11.5 Å². The van der Waals surface area contributed by atoms with E-state index < -0.39 is 0 Å². The summed E-state index contributed by atoms with van der Waals surface area (Å²) in [6.45, 7) is 4.91. The van der Waals surface area contributed by atoms with E-state index in [9.17, 15) is 4.79 Å². The number of Topliss-reactive ketones (excluding diaryl/α,β-unsaturated/α-hetero) is 1. The van der Waals surface area contributed by atoms with Crippen LogP contribution < -0.4 is 9.47 Å². The van der Waals surface area contributed by atoms with Crippen molar-refractivity contribution in [2.45, 2.75) is 52.4 Å². The second kappa shape index (κ2) is 8.91. The van der Waals surface area contributed by atoms with Crippen LogP contribution in [0.3, 0.4) is 0 Å². The lowest BCUT2D eigenvalue weighted by molar-refractivity contribution is 0.105. The average Bonchev–Trinajstić information content (AvgIpc) is 2.77. The number of ether oxygens (including phenoxy) is 2. The highest BCUT2D eigenvalue weighted by atomic mass is 16.5. The molecular weight excluding hydrogens is 372 g/mol. The Labute approximate surface area is 179 Å². The van der Waals surface area contributed by atoms with Gasteiger partial charge in [-0.15, -0.1) is 0 Å². The molecule has 0 atom stereocenters. The van der Waals surface area contributed by atoms with Gasteiger partial charge in [0.15, 0.2) is 5.78 Å². The van der Waals surface area contributed by atoms with Gasteiger partial charge in [-0.2, -0.15) is 0 Å².